The third kappa shape index (κ3) is 4.36. The largest absolute Gasteiger partial charge is 0.283 e. The number of nitrogens with one attached hydrogen (secondary N) is 1. The summed E-state index contributed by atoms with van der Waals surface area (Å²) < 4.78 is 25.8. The van der Waals surface area contributed by atoms with E-state index < -0.39 is 14.9 Å². The minimum absolute atomic E-state index is 0.111. The fourth-order valence-corrected chi connectivity index (χ4v) is 3.08. The number of nitro groups is 1. The van der Waals surface area contributed by atoms with Gasteiger partial charge in [-0.15, -0.1) is 11.6 Å². The lowest BCUT2D eigenvalue weighted by molar-refractivity contribution is -0.385. The summed E-state index contributed by atoms with van der Waals surface area (Å²) in [5, 5.41) is 10.8. The maximum absolute atomic E-state index is 11.7. The van der Waals surface area contributed by atoms with Crippen LogP contribution in [0.15, 0.2) is 12.1 Å². The topological polar surface area (TPSA) is 89.3 Å². The number of alkyl halides is 1. The number of aryl methyl sites for hydroxylation is 2. The highest BCUT2D eigenvalue weighted by molar-refractivity contribution is 7.92. The highest BCUT2D eigenvalue weighted by Crippen LogP contribution is 2.27. The van der Waals surface area contributed by atoms with Crippen LogP contribution in [0.1, 0.15) is 17.5 Å². The number of nitrogens with zero attached hydrogens (tertiary/aromatic N) is 1. The molecule has 0 bridgehead atoms. The Kier molecular flexibility index (Phi) is 5.13. The van der Waals surface area contributed by atoms with Gasteiger partial charge in [0.2, 0.25) is 10.0 Å². The van der Waals surface area contributed by atoms with Gasteiger partial charge in [0, 0.05) is 17.5 Å². The molecule has 1 aromatic carbocycles. The number of rotatable bonds is 6. The van der Waals surface area contributed by atoms with Crippen molar-refractivity contribution in [2.24, 2.45) is 0 Å². The maximum atomic E-state index is 11.7. The zero-order valence-electron chi connectivity index (χ0n) is 10.6. The molecular formula is C11H15ClN2O4S. The molecule has 0 aromatic heterocycles. The molecule has 1 rings (SSSR count). The molecule has 6 nitrogen and oxygen atoms in total. The monoisotopic (exact) mass is 306 g/mol. The molecule has 0 spiro atoms. The Hall–Kier alpha value is -1.34. The number of hydrogen-bond donors (Lipinski definition) is 1. The zero-order chi connectivity index (χ0) is 14.6. The van der Waals surface area contributed by atoms with E-state index in [1.807, 2.05) is 0 Å². The molecule has 1 N–H and O–H groups in total. The number of benzene rings is 1. The van der Waals surface area contributed by atoms with E-state index in [4.69, 9.17) is 11.6 Å². The van der Waals surface area contributed by atoms with Crippen LogP contribution in [0.4, 0.5) is 11.4 Å². The third-order valence-corrected chi connectivity index (χ3v) is 4.18. The molecule has 0 atom stereocenters. The van der Waals surface area contributed by atoms with E-state index in [1.165, 1.54) is 6.07 Å². The Balaban J connectivity index is 3.08. The van der Waals surface area contributed by atoms with Crippen molar-refractivity contribution in [3.8, 4) is 0 Å². The first-order valence-electron chi connectivity index (χ1n) is 5.59. The minimum atomic E-state index is -3.53. The second kappa shape index (κ2) is 6.21. The second-order valence-electron chi connectivity index (χ2n) is 4.17. The molecule has 0 fully saturated rings. The van der Waals surface area contributed by atoms with Gasteiger partial charge in [-0.05, 0) is 31.9 Å². The molecule has 0 unspecified atom stereocenters. The van der Waals surface area contributed by atoms with Gasteiger partial charge in [-0.1, -0.05) is 0 Å². The van der Waals surface area contributed by atoms with Crippen molar-refractivity contribution in [1.29, 1.82) is 0 Å². The van der Waals surface area contributed by atoms with Gasteiger partial charge in [0.25, 0.3) is 5.69 Å². The lowest BCUT2D eigenvalue weighted by atomic mass is 10.1. The average Bonchev–Trinajstić information content (AvgIpc) is 2.29. The maximum Gasteiger partial charge on any atom is 0.274 e. The van der Waals surface area contributed by atoms with Gasteiger partial charge in [0.1, 0.15) is 0 Å². The van der Waals surface area contributed by atoms with Crippen molar-refractivity contribution in [1.82, 2.24) is 0 Å². The van der Waals surface area contributed by atoms with Gasteiger partial charge < -0.3 is 0 Å². The van der Waals surface area contributed by atoms with Crippen LogP contribution in [0.5, 0.6) is 0 Å². The third-order valence-electron chi connectivity index (χ3n) is 2.55. The summed E-state index contributed by atoms with van der Waals surface area (Å²) in [4.78, 5) is 10.3. The number of halogens is 1. The van der Waals surface area contributed by atoms with Crippen LogP contribution in [-0.2, 0) is 10.0 Å². The molecule has 0 amide bonds. The normalized spacial score (nSPS) is 11.3. The fraction of sp³-hybridized carbons (Fsp3) is 0.455. The zero-order valence-corrected chi connectivity index (χ0v) is 12.2. The molecule has 0 heterocycles. The van der Waals surface area contributed by atoms with E-state index in [9.17, 15) is 18.5 Å². The molecule has 106 valence electrons. The summed E-state index contributed by atoms with van der Waals surface area (Å²) in [5.41, 5.74) is 1.25. The lowest BCUT2D eigenvalue weighted by Gasteiger charge is -2.11. The SMILES string of the molecule is Cc1cc(C)c([N+](=O)[O-])cc1NS(=O)(=O)CCCCl. The van der Waals surface area contributed by atoms with Crippen molar-refractivity contribution in [2.45, 2.75) is 20.3 Å². The standard InChI is InChI=1S/C11H15ClN2O4S/c1-8-6-9(2)11(14(15)16)7-10(8)13-19(17,18)5-3-4-12/h6-7,13H,3-5H2,1-2H3. The van der Waals surface area contributed by atoms with Crippen LogP contribution in [0.25, 0.3) is 0 Å². The van der Waals surface area contributed by atoms with Crippen molar-refractivity contribution >= 4 is 33.0 Å². The van der Waals surface area contributed by atoms with Crippen molar-refractivity contribution < 1.29 is 13.3 Å². The Labute approximate surface area is 117 Å². The molecule has 19 heavy (non-hydrogen) atoms. The van der Waals surface area contributed by atoms with Crippen LogP contribution < -0.4 is 4.72 Å². The first-order chi connectivity index (χ1) is 8.76. The predicted molar refractivity (Wildman–Crippen MR) is 75.3 cm³/mol. The molecule has 0 saturated heterocycles. The molecule has 0 aliphatic carbocycles. The first kappa shape index (κ1) is 15.7. The Bertz CT molecular complexity index is 587. The van der Waals surface area contributed by atoms with Gasteiger partial charge in [-0.25, -0.2) is 8.42 Å². The summed E-state index contributed by atoms with van der Waals surface area (Å²) in [6.07, 6.45) is 0.323. The van der Waals surface area contributed by atoms with E-state index >= 15 is 0 Å². The van der Waals surface area contributed by atoms with Crippen molar-refractivity contribution in [3.63, 3.8) is 0 Å². The van der Waals surface area contributed by atoms with Crippen LogP contribution in [0.2, 0.25) is 0 Å². The minimum Gasteiger partial charge on any atom is -0.283 e. The van der Waals surface area contributed by atoms with E-state index in [1.54, 1.807) is 19.9 Å². The summed E-state index contributed by atoms with van der Waals surface area (Å²) >= 11 is 5.45. The van der Waals surface area contributed by atoms with Crippen LogP contribution in [0.3, 0.4) is 0 Å². The molecule has 0 aliphatic heterocycles. The van der Waals surface area contributed by atoms with Crippen LogP contribution in [0, 0.1) is 24.0 Å². The summed E-state index contributed by atoms with van der Waals surface area (Å²) in [6, 6.07) is 2.82. The van der Waals surface area contributed by atoms with Gasteiger partial charge in [0.15, 0.2) is 0 Å². The van der Waals surface area contributed by atoms with Crippen molar-refractivity contribution in [3.05, 3.63) is 33.4 Å². The first-order valence-corrected chi connectivity index (χ1v) is 7.77. The average molecular weight is 307 g/mol. The molecule has 8 heteroatoms. The molecule has 0 radical (unpaired) electrons. The number of nitro benzene ring substituents is 1. The van der Waals surface area contributed by atoms with Gasteiger partial charge in [-0.3, -0.25) is 14.8 Å². The lowest BCUT2D eigenvalue weighted by Crippen LogP contribution is -2.17. The van der Waals surface area contributed by atoms with Gasteiger partial charge in [-0.2, -0.15) is 0 Å². The van der Waals surface area contributed by atoms with E-state index in [-0.39, 0.29) is 23.0 Å². The van der Waals surface area contributed by atoms with E-state index in [0.717, 1.165) is 0 Å². The number of sulfonamides is 1. The van der Waals surface area contributed by atoms with E-state index in [2.05, 4.69) is 4.72 Å². The van der Waals surface area contributed by atoms with Crippen molar-refractivity contribution in [2.75, 3.05) is 16.4 Å². The Morgan fingerprint density at radius 2 is 1.95 bits per heavy atom. The molecule has 1 aromatic rings. The Morgan fingerprint density at radius 3 is 2.47 bits per heavy atom. The molecule has 0 saturated carbocycles. The summed E-state index contributed by atoms with van der Waals surface area (Å²) in [5.74, 6) is 0.131. The smallest absolute Gasteiger partial charge is 0.274 e. The summed E-state index contributed by atoms with van der Waals surface area (Å²) in [6.45, 7) is 3.30. The highest BCUT2D eigenvalue weighted by Gasteiger charge is 2.17. The number of hydrogen-bond acceptors (Lipinski definition) is 4. The highest BCUT2D eigenvalue weighted by atomic mass is 35.5. The number of anilines is 1. The fourth-order valence-electron chi connectivity index (χ4n) is 1.61. The van der Waals surface area contributed by atoms with Gasteiger partial charge in [0.05, 0.1) is 16.4 Å². The van der Waals surface area contributed by atoms with Crippen LogP contribution in [-0.4, -0.2) is 25.0 Å². The van der Waals surface area contributed by atoms with Gasteiger partial charge >= 0.3 is 0 Å². The molecular weight excluding hydrogens is 292 g/mol. The summed E-state index contributed by atoms with van der Waals surface area (Å²) in [7, 11) is -3.53. The van der Waals surface area contributed by atoms with E-state index in [0.29, 0.717) is 17.5 Å². The predicted octanol–water partition coefficient (Wildman–Crippen LogP) is 2.58. The Morgan fingerprint density at radius 1 is 1.32 bits per heavy atom. The van der Waals surface area contributed by atoms with Crippen LogP contribution >= 0.6 is 11.6 Å². The quantitative estimate of drug-likeness (QED) is 0.497. The molecule has 0 aliphatic rings. The second-order valence-corrected chi connectivity index (χ2v) is 6.39.